The van der Waals surface area contributed by atoms with Gasteiger partial charge in [-0.2, -0.15) is 0 Å². The van der Waals surface area contributed by atoms with Crippen molar-refractivity contribution in [3.8, 4) is 0 Å². The van der Waals surface area contributed by atoms with Gasteiger partial charge in [0.25, 0.3) is 0 Å². The summed E-state index contributed by atoms with van der Waals surface area (Å²) in [4.78, 5) is 0. The highest BCUT2D eigenvalue weighted by Gasteiger charge is 2.42. The van der Waals surface area contributed by atoms with Crippen LogP contribution >= 0.6 is 0 Å². The predicted molar refractivity (Wildman–Crippen MR) is 88.6 cm³/mol. The minimum absolute atomic E-state index is 0.324. The molecule has 2 nitrogen and oxygen atoms in total. The van der Waals surface area contributed by atoms with Gasteiger partial charge in [-0.05, 0) is 70.3 Å². The highest BCUT2D eigenvalue weighted by molar-refractivity contribution is 4.93. The van der Waals surface area contributed by atoms with E-state index in [1.54, 1.807) is 0 Å². The van der Waals surface area contributed by atoms with Crippen molar-refractivity contribution in [3.63, 3.8) is 0 Å². The maximum absolute atomic E-state index is 6.50. The Kier molecular flexibility index (Phi) is 5.61. The molecule has 0 aromatic rings. The second kappa shape index (κ2) is 7.46. The Hall–Kier alpha value is -0.0800. The van der Waals surface area contributed by atoms with Gasteiger partial charge in [0.05, 0.1) is 11.7 Å². The standard InChI is InChI=1S/C19H35NO/c1-2-15-20-18(16-7-3-4-8-16)10-9-17-11-14-19(21-17)12-5-6-13-19/h16-18,20H,2-15H2,1H3. The van der Waals surface area contributed by atoms with Crippen molar-refractivity contribution in [3.05, 3.63) is 0 Å². The van der Waals surface area contributed by atoms with E-state index in [-0.39, 0.29) is 0 Å². The third-order valence-electron chi connectivity index (χ3n) is 6.28. The molecule has 2 aliphatic carbocycles. The van der Waals surface area contributed by atoms with Crippen LogP contribution in [0.5, 0.6) is 0 Å². The molecule has 2 saturated carbocycles. The van der Waals surface area contributed by atoms with Gasteiger partial charge in [-0.15, -0.1) is 0 Å². The number of hydrogen-bond donors (Lipinski definition) is 1. The lowest BCUT2D eigenvalue weighted by molar-refractivity contribution is -0.0406. The van der Waals surface area contributed by atoms with Crippen LogP contribution in [0, 0.1) is 5.92 Å². The summed E-state index contributed by atoms with van der Waals surface area (Å²) < 4.78 is 6.50. The Balaban J connectivity index is 1.45. The average molecular weight is 293 g/mol. The van der Waals surface area contributed by atoms with Gasteiger partial charge in [-0.1, -0.05) is 32.6 Å². The van der Waals surface area contributed by atoms with Crippen LogP contribution in [0.1, 0.15) is 90.4 Å². The maximum atomic E-state index is 6.50. The molecule has 0 radical (unpaired) electrons. The highest BCUT2D eigenvalue weighted by Crippen LogP contribution is 2.44. The molecular weight excluding hydrogens is 258 g/mol. The molecule has 2 heteroatoms. The summed E-state index contributed by atoms with van der Waals surface area (Å²) in [5.41, 5.74) is 0.324. The molecule has 1 spiro atoms. The third-order valence-corrected chi connectivity index (χ3v) is 6.28. The first-order valence-corrected chi connectivity index (χ1v) is 9.72. The quantitative estimate of drug-likeness (QED) is 0.727. The smallest absolute Gasteiger partial charge is 0.0687 e. The maximum Gasteiger partial charge on any atom is 0.0687 e. The lowest BCUT2D eigenvalue weighted by Gasteiger charge is -2.27. The molecule has 3 fully saturated rings. The molecule has 3 rings (SSSR count). The van der Waals surface area contributed by atoms with Gasteiger partial charge < -0.3 is 10.1 Å². The first kappa shape index (κ1) is 15.8. The SMILES string of the molecule is CCCNC(CCC1CCC2(CCCC2)O1)C1CCCC1. The van der Waals surface area contributed by atoms with Crippen molar-refractivity contribution in [1.82, 2.24) is 5.32 Å². The Bertz CT molecular complexity index is 305. The molecule has 0 amide bonds. The molecule has 0 bridgehead atoms. The van der Waals surface area contributed by atoms with E-state index in [0.717, 1.165) is 12.0 Å². The Morgan fingerprint density at radius 3 is 2.52 bits per heavy atom. The second-order valence-electron chi connectivity index (χ2n) is 7.85. The van der Waals surface area contributed by atoms with Crippen molar-refractivity contribution in [2.24, 2.45) is 5.92 Å². The molecule has 1 heterocycles. The van der Waals surface area contributed by atoms with E-state index in [1.165, 1.54) is 90.0 Å². The van der Waals surface area contributed by atoms with Gasteiger partial charge in [0.15, 0.2) is 0 Å². The number of nitrogens with one attached hydrogen (secondary N) is 1. The molecule has 3 aliphatic rings. The van der Waals surface area contributed by atoms with Crippen LogP contribution in [-0.2, 0) is 4.74 Å². The number of hydrogen-bond acceptors (Lipinski definition) is 2. The molecule has 2 unspecified atom stereocenters. The summed E-state index contributed by atoms with van der Waals surface area (Å²) in [6.45, 7) is 3.47. The molecule has 122 valence electrons. The fourth-order valence-electron chi connectivity index (χ4n) is 5.05. The Labute approximate surface area is 131 Å². The summed E-state index contributed by atoms with van der Waals surface area (Å²) in [7, 11) is 0. The van der Waals surface area contributed by atoms with Gasteiger partial charge in [0, 0.05) is 6.04 Å². The average Bonchev–Trinajstić information content (AvgIpc) is 3.23. The van der Waals surface area contributed by atoms with E-state index >= 15 is 0 Å². The molecule has 1 N–H and O–H groups in total. The summed E-state index contributed by atoms with van der Waals surface area (Å²) in [6, 6.07) is 0.760. The summed E-state index contributed by atoms with van der Waals surface area (Å²) in [5, 5.41) is 3.84. The van der Waals surface area contributed by atoms with Crippen LogP contribution in [0.15, 0.2) is 0 Å². The third kappa shape index (κ3) is 4.01. The second-order valence-corrected chi connectivity index (χ2v) is 7.85. The van der Waals surface area contributed by atoms with Crippen LogP contribution in [0.25, 0.3) is 0 Å². The lowest BCUT2D eigenvalue weighted by Crippen LogP contribution is -2.36. The monoisotopic (exact) mass is 293 g/mol. The zero-order valence-electron chi connectivity index (χ0n) is 14.0. The molecule has 2 atom stereocenters. The first-order chi connectivity index (χ1) is 10.3. The van der Waals surface area contributed by atoms with E-state index in [1.807, 2.05) is 0 Å². The van der Waals surface area contributed by atoms with Crippen molar-refractivity contribution in [2.45, 2.75) is 108 Å². The van der Waals surface area contributed by atoms with Gasteiger partial charge in [0.2, 0.25) is 0 Å². The minimum Gasteiger partial charge on any atom is -0.372 e. The highest BCUT2D eigenvalue weighted by atomic mass is 16.5. The van der Waals surface area contributed by atoms with E-state index in [9.17, 15) is 0 Å². The fourth-order valence-corrected chi connectivity index (χ4v) is 5.05. The van der Waals surface area contributed by atoms with Crippen molar-refractivity contribution in [2.75, 3.05) is 6.54 Å². The van der Waals surface area contributed by atoms with Crippen LogP contribution < -0.4 is 5.32 Å². The zero-order chi connectivity index (χ0) is 14.5. The molecular formula is C19H35NO. The Morgan fingerprint density at radius 2 is 1.81 bits per heavy atom. The number of rotatable bonds is 7. The summed E-state index contributed by atoms with van der Waals surface area (Å²) >= 11 is 0. The topological polar surface area (TPSA) is 21.3 Å². The minimum atomic E-state index is 0.324. The van der Waals surface area contributed by atoms with E-state index < -0.39 is 0 Å². The van der Waals surface area contributed by atoms with Crippen LogP contribution in [0.2, 0.25) is 0 Å². The van der Waals surface area contributed by atoms with Crippen molar-refractivity contribution >= 4 is 0 Å². The van der Waals surface area contributed by atoms with E-state index in [4.69, 9.17) is 4.74 Å². The lowest BCUT2D eigenvalue weighted by atomic mass is 9.92. The van der Waals surface area contributed by atoms with Gasteiger partial charge in [0.1, 0.15) is 0 Å². The molecule has 0 aromatic carbocycles. The Morgan fingerprint density at radius 1 is 1.05 bits per heavy atom. The van der Waals surface area contributed by atoms with Crippen LogP contribution in [-0.4, -0.2) is 24.3 Å². The van der Waals surface area contributed by atoms with Gasteiger partial charge in [-0.3, -0.25) is 0 Å². The van der Waals surface area contributed by atoms with Crippen LogP contribution in [0.4, 0.5) is 0 Å². The largest absolute Gasteiger partial charge is 0.372 e. The normalized spacial score (nSPS) is 30.4. The predicted octanol–water partition coefficient (Wildman–Crippen LogP) is 4.82. The van der Waals surface area contributed by atoms with Crippen molar-refractivity contribution < 1.29 is 4.74 Å². The van der Waals surface area contributed by atoms with Gasteiger partial charge >= 0.3 is 0 Å². The van der Waals surface area contributed by atoms with Crippen molar-refractivity contribution in [1.29, 1.82) is 0 Å². The van der Waals surface area contributed by atoms with E-state index in [0.29, 0.717) is 11.7 Å². The number of ether oxygens (including phenoxy) is 1. The zero-order valence-corrected chi connectivity index (χ0v) is 14.0. The van der Waals surface area contributed by atoms with Crippen LogP contribution in [0.3, 0.4) is 0 Å². The molecule has 21 heavy (non-hydrogen) atoms. The molecule has 0 aromatic heterocycles. The van der Waals surface area contributed by atoms with E-state index in [2.05, 4.69) is 12.2 Å². The molecule has 1 aliphatic heterocycles. The first-order valence-electron chi connectivity index (χ1n) is 9.72. The summed E-state index contributed by atoms with van der Waals surface area (Å²) in [6.07, 6.45) is 18.4. The van der Waals surface area contributed by atoms with Gasteiger partial charge in [-0.25, -0.2) is 0 Å². The fraction of sp³-hybridized carbons (Fsp3) is 1.00. The molecule has 1 saturated heterocycles. The summed E-state index contributed by atoms with van der Waals surface area (Å²) in [5.74, 6) is 0.943.